The lowest BCUT2D eigenvalue weighted by Gasteiger charge is -2.05. The van der Waals surface area contributed by atoms with E-state index in [1.54, 1.807) is 24.3 Å². The normalized spacial score (nSPS) is 10.6. The summed E-state index contributed by atoms with van der Waals surface area (Å²) in [7, 11) is 0. The number of hydrogen-bond donors (Lipinski definition) is 2. The number of aryl methyl sites for hydroxylation is 1. The van der Waals surface area contributed by atoms with Gasteiger partial charge in [-0.3, -0.25) is 10.2 Å². The Morgan fingerprint density at radius 2 is 1.52 bits per heavy atom. The number of hydrogen-bond acceptors (Lipinski definition) is 2. The predicted octanol–water partition coefficient (Wildman–Crippen LogP) is 3.94. The number of Topliss-reactive ketones (excluding diaryl/α,β-unsaturated/α-hetero) is 1. The predicted molar refractivity (Wildman–Crippen MR) is 94.1 cm³/mol. The molecular weight excluding hydrogens is 284 g/mol. The van der Waals surface area contributed by atoms with Gasteiger partial charge in [0.15, 0.2) is 5.78 Å². The van der Waals surface area contributed by atoms with Crippen LogP contribution >= 0.6 is 0 Å². The van der Waals surface area contributed by atoms with Crippen LogP contribution in [0.2, 0.25) is 0 Å². The maximum absolute atomic E-state index is 12.3. The fourth-order valence-electron chi connectivity index (χ4n) is 2.63. The van der Waals surface area contributed by atoms with Crippen molar-refractivity contribution in [3.8, 4) is 0 Å². The van der Waals surface area contributed by atoms with Gasteiger partial charge in [-0.15, -0.1) is 0 Å². The Balaban J connectivity index is 1.68. The first-order chi connectivity index (χ1) is 11.1. The van der Waals surface area contributed by atoms with Gasteiger partial charge in [-0.05, 0) is 22.8 Å². The molecule has 0 aromatic heterocycles. The molecule has 0 fully saturated rings. The Morgan fingerprint density at radius 3 is 2.22 bits per heavy atom. The molecule has 3 rings (SSSR count). The van der Waals surface area contributed by atoms with Crippen LogP contribution in [0.15, 0.2) is 66.7 Å². The second kappa shape index (κ2) is 6.44. The lowest BCUT2D eigenvalue weighted by atomic mass is 9.99. The zero-order chi connectivity index (χ0) is 16.2. The van der Waals surface area contributed by atoms with Gasteiger partial charge >= 0.3 is 0 Å². The van der Waals surface area contributed by atoms with Crippen molar-refractivity contribution in [3.05, 3.63) is 83.4 Å². The summed E-state index contributed by atoms with van der Waals surface area (Å²) in [5, 5.41) is 9.77. The van der Waals surface area contributed by atoms with E-state index in [0.717, 1.165) is 12.0 Å². The molecule has 0 atom stereocenters. The largest absolute Gasteiger partial charge is 0.384 e. The number of benzene rings is 3. The van der Waals surface area contributed by atoms with Crippen molar-refractivity contribution in [3.63, 3.8) is 0 Å². The smallest absolute Gasteiger partial charge is 0.163 e. The van der Waals surface area contributed by atoms with Crippen LogP contribution in [0, 0.1) is 5.41 Å². The molecule has 0 aliphatic carbocycles. The minimum absolute atomic E-state index is 0.0140. The maximum atomic E-state index is 12.3. The number of amidine groups is 1. The molecule has 3 N–H and O–H groups in total. The molecule has 0 bridgehead atoms. The lowest BCUT2D eigenvalue weighted by molar-refractivity contribution is 0.0983. The molecule has 0 heterocycles. The highest BCUT2D eigenvalue weighted by molar-refractivity contribution is 5.99. The molecular formula is C20H18N2O. The van der Waals surface area contributed by atoms with E-state index in [4.69, 9.17) is 11.1 Å². The molecule has 0 saturated carbocycles. The third-order valence-corrected chi connectivity index (χ3v) is 3.97. The zero-order valence-electron chi connectivity index (χ0n) is 12.8. The van der Waals surface area contributed by atoms with E-state index in [0.29, 0.717) is 17.5 Å². The summed E-state index contributed by atoms with van der Waals surface area (Å²) < 4.78 is 0. The van der Waals surface area contributed by atoms with Crippen LogP contribution in [0.1, 0.15) is 27.9 Å². The Bertz CT molecular complexity index is 866. The van der Waals surface area contributed by atoms with Gasteiger partial charge in [0.05, 0.1) is 0 Å². The van der Waals surface area contributed by atoms with Gasteiger partial charge < -0.3 is 5.73 Å². The molecule has 3 heteroatoms. The van der Waals surface area contributed by atoms with Crippen LogP contribution < -0.4 is 5.73 Å². The van der Waals surface area contributed by atoms with Gasteiger partial charge in [0.25, 0.3) is 0 Å². The number of nitrogen functional groups attached to an aromatic ring is 1. The number of carbonyl (C=O) groups is 1. The number of nitrogens with one attached hydrogen (secondary N) is 1. The lowest BCUT2D eigenvalue weighted by Crippen LogP contribution is -2.11. The van der Waals surface area contributed by atoms with Gasteiger partial charge in [0.2, 0.25) is 0 Å². The molecule has 3 nitrogen and oxygen atoms in total. The highest BCUT2D eigenvalue weighted by atomic mass is 16.1. The molecule has 3 aromatic rings. The topological polar surface area (TPSA) is 66.9 Å². The SMILES string of the molecule is N=C(N)c1ccc(C(=O)CCc2ccc3ccccc3c2)cc1. The van der Waals surface area contributed by atoms with Crippen molar-refractivity contribution in [1.29, 1.82) is 5.41 Å². The molecule has 0 amide bonds. The van der Waals surface area contributed by atoms with Crippen molar-refractivity contribution < 1.29 is 4.79 Å². The summed E-state index contributed by atoms with van der Waals surface area (Å²) in [6.07, 6.45) is 1.19. The third-order valence-electron chi connectivity index (χ3n) is 3.97. The molecule has 0 aliphatic rings. The summed E-state index contributed by atoms with van der Waals surface area (Å²) in [4.78, 5) is 12.3. The number of ketones is 1. The van der Waals surface area contributed by atoms with Crippen molar-refractivity contribution in [2.75, 3.05) is 0 Å². The first kappa shape index (κ1) is 15.0. The van der Waals surface area contributed by atoms with E-state index in [1.807, 2.05) is 12.1 Å². The molecule has 0 saturated heterocycles. The van der Waals surface area contributed by atoms with E-state index < -0.39 is 0 Å². The zero-order valence-corrected chi connectivity index (χ0v) is 12.8. The Labute approximate surface area is 135 Å². The van der Waals surface area contributed by atoms with Gasteiger partial charge in [-0.2, -0.15) is 0 Å². The molecule has 0 radical (unpaired) electrons. The fraction of sp³-hybridized carbons (Fsp3) is 0.100. The Hall–Kier alpha value is -2.94. The van der Waals surface area contributed by atoms with E-state index in [1.165, 1.54) is 10.8 Å². The minimum atomic E-state index is 0.0140. The van der Waals surface area contributed by atoms with Gasteiger partial charge in [-0.1, -0.05) is 66.7 Å². The van der Waals surface area contributed by atoms with Crippen LogP contribution in [0.25, 0.3) is 10.8 Å². The highest BCUT2D eigenvalue weighted by Gasteiger charge is 2.07. The van der Waals surface area contributed by atoms with E-state index in [-0.39, 0.29) is 11.6 Å². The number of fused-ring (bicyclic) bond motifs is 1. The number of carbonyl (C=O) groups excluding carboxylic acids is 1. The summed E-state index contributed by atoms with van der Waals surface area (Å²) >= 11 is 0. The first-order valence-corrected chi connectivity index (χ1v) is 7.59. The van der Waals surface area contributed by atoms with E-state index in [9.17, 15) is 4.79 Å². The maximum Gasteiger partial charge on any atom is 0.163 e. The summed E-state index contributed by atoms with van der Waals surface area (Å²) in [5.41, 5.74) is 7.88. The second-order valence-electron chi connectivity index (χ2n) is 5.60. The van der Waals surface area contributed by atoms with Crippen LogP contribution in [-0.2, 0) is 6.42 Å². The monoisotopic (exact) mass is 302 g/mol. The molecule has 0 spiro atoms. The van der Waals surface area contributed by atoms with Crippen LogP contribution in [0.3, 0.4) is 0 Å². The standard InChI is InChI=1S/C20H18N2O/c21-20(22)17-10-8-16(9-11-17)19(23)12-6-14-5-7-15-3-1-2-4-18(15)13-14/h1-5,7-11,13H,6,12H2,(H3,21,22). The minimum Gasteiger partial charge on any atom is -0.384 e. The molecule has 0 unspecified atom stereocenters. The van der Waals surface area contributed by atoms with E-state index >= 15 is 0 Å². The van der Waals surface area contributed by atoms with Crippen LogP contribution in [0.5, 0.6) is 0 Å². The summed E-state index contributed by atoms with van der Waals surface area (Å²) in [5.74, 6) is 0.119. The average molecular weight is 302 g/mol. The molecule has 23 heavy (non-hydrogen) atoms. The van der Waals surface area contributed by atoms with E-state index in [2.05, 4.69) is 30.3 Å². The summed E-state index contributed by atoms with van der Waals surface area (Å²) in [6, 6.07) is 21.4. The van der Waals surface area contributed by atoms with Crippen LogP contribution in [-0.4, -0.2) is 11.6 Å². The molecule has 3 aromatic carbocycles. The second-order valence-corrected chi connectivity index (χ2v) is 5.60. The Morgan fingerprint density at radius 1 is 0.870 bits per heavy atom. The quantitative estimate of drug-likeness (QED) is 0.426. The van der Waals surface area contributed by atoms with Crippen molar-refractivity contribution in [2.24, 2.45) is 5.73 Å². The van der Waals surface area contributed by atoms with Gasteiger partial charge in [-0.25, -0.2) is 0 Å². The van der Waals surface area contributed by atoms with Crippen LogP contribution in [0.4, 0.5) is 0 Å². The third kappa shape index (κ3) is 3.46. The van der Waals surface area contributed by atoms with Gasteiger partial charge in [0.1, 0.15) is 5.84 Å². The summed E-state index contributed by atoms with van der Waals surface area (Å²) in [6.45, 7) is 0. The average Bonchev–Trinajstić information content (AvgIpc) is 2.59. The van der Waals surface area contributed by atoms with Gasteiger partial charge in [0, 0.05) is 17.5 Å². The van der Waals surface area contributed by atoms with Crippen molar-refractivity contribution in [2.45, 2.75) is 12.8 Å². The molecule has 0 aliphatic heterocycles. The number of rotatable bonds is 5. The van der Waals surface area contributed by atoms with Crippen molar-refractivity contribution >= 4 is 22.4 Å². The van der Waals surface area contributed by atoms with Crippen molar-refractivity contribution in [1.82, 2.24) is 0 Å². The number of nitrogens with two attached hydrogens (primary N) is 1. The molecule has 114 valence electrons. The Kier molecular flexibility index (Phi) is 4.20. The highest BCUT2D eigenvalue weighted by Crippen LogP contribution is 2.17. The fourth-order valence-corrected chi connectivity index (χ4v) is 2.63. The first-order valence-electron chi connectivity index (χ1n) is 7.59.